The summed E-state index contributed by atoms with van der Waals surface area (Å²) in [6, 6.07) is 9.66. The summed E-state index contributed by atoms with van der Waals surface area (Å²) < 4.78 is 0. The first-order valence-electron chi connectivity index (χ1n) is 4.95. The highest BCUT2D eigenvalue weighted by atomic mass is 79.9. The summed E-state index contributed by atoms with van der Waals surface area (Å²) in [5.74, 6) is -0.770. The fraction of sp³-hybridized carbons (Fsp3) is 0.364. The number of carboxylic acid groups (broad SMARTS) is 1. The number of thioether (sulfide) groups is 1. The highest BCUT2D eigenvalue weighted by Crippen LogP contribution is 2.37. The van der Waals surface area contributed by atoms with Crippen LogP contribution in [0.5, 0.6) is 0 Å². The quantitative estimate of drug-likeness (QED) is 0.901. The highest BCUT2D eigenvalue weighted by molar-refractivity contribution is 8.93. The SMILES string of the molecule is Br.O=C(O)[C@]1(Sc2ccccc2)CCCN1. The molecule has 88 valence electrons. The molecule has 1 atom stereocenters. The van der Waals surface area contributed by atoms with Gasteiger partial charge in [-0.05, 0) is 31.5 Å². The molecular formula is C11H14BrNO2S. The minimum Gasteiger partial charge on any atom is -0.479 e. The van der Waals surface area contributed by atoms with E-state index in [0.29, 0.717) is 6.42 Å². The Morgan fingerprint density at radius 1 is 1.38 bits per heavy atom. The molecule has 0 aliphatic carbocycles. The van der Waals surface area contributed by atoms with Crippen LogP contribution in [0.1, 0.15) is 12.8 Å². The van der Waals surface area contributed by atoms with Crippen LogP contribution in [0.4, 0.5) is 0 Å². The van der Waals surface area contributed by atoms with Gasteiger partial charge in [0.2, 0.25) is 0 Å². The Balaban J connectivity index is 0.00000128. The Hall–Kier alpha value is -0.520. The van der Waals surface area contributed by atoms with E-state index in [1.807, 2.05) is 30.3 Å². The molecule has 1 aliphatic rings. The molecule has 1 saturated heterocycles. The summed E-state index contributed by atoms with van der Waals surface area (Å²) in [6.07, 6.45) is 1.61. The number of halogens is 1. The Labute approximate surface area is 109 Å². The van der Waals surface area contributed by atoms with E-state index in [1.165, 1.54) is 11.8 Å². The smallest absolute Gasteiger partial charge is 0.334 e. The van der Waals surface area contributed by atoms with Crippen molar-refractivity contribution >= 4 is 34.7 Å². The van der Waals surface area contributed by atoms with Crippen LogP contribution >= 0.6 is 28.7 Å². The van der Waals surface area contributed by atoms with Crippen LogP contribution in [-0.2, 0) is 4.79 Å². The zero-order valence-corrected chi connectivity index (χ0v) is 11.2. The summed E-state index contributed by atoms with van der Waals surface area (Å²) >= 11 is 1.40. The molecule has 5 heteroatoms. The third kappa shape index (κ3) is 2.78. The summed E-state index contributed by atoms with van der Waals surface area (Å²) in [4.78, 5) is 11.4. The van der Waals surface area contributed by atoms with Gasteiger partial charge in [-0.2, -0.15) is 0 Å². The predicted octanol–water partition coefficient (Wildman–Crippen LogP) is 2.52. The molecular weight excluding hydrogens is 290 g/mol. The Morgan fingerprint density at radius 3 is 2.56 bits per heavy atom. The van der Waals surface area contributed by atoms with Crippen LogP contribution in [0, 0.1) is 0 Å². The lowest BCUT2D eigenvalue weighted by molar-refractivity contribution is -0.140. The third-order valence-corrected chi connectivity index (χ3v) is 3.88. The maximum atomic E-state index is 11.2. The number of benzene rings is 1. The average Bonchev–Trinajstić information content (AvgIpc) is 2.69. The molecule has 0 radical (unpaired) electrons. The molecule has 3 nitrogen and oxygen atoms in total. The number of carbonyl (C=O) groups is 1. The van der Waals surface area contributed by atoms with Crippen LogP contribution in [0.2, 0.25) is 0 Å². The van der Waals surface area contributed by atoms with Crippen LogP contribution in [0.15, 0.2) is 35.2 Å². The fourth-order valence-electron chi connectivity index (χ4n) is 1.72. The lowest BCUT2D eigenvalue weighted by Crippen LogP contribution is -2.44. The van der Waals surface area contributed by atoms with Gasteiger partial charge in [0.1, 0.15) is 0 Å². The second kappa shape index (κ2) is 5.70. The first kappa shape index (κ1) is 13.5. The minimum absolute atomic E-state index is 0. The van der Waals surface area contributed by atoms with E-state index < -0.39 is 10.8 Å². The van der Waals surface area contributed by atoms with Crippen molar-refractivity contribution < 1.29 is 9.90 Å². The van der Waals surface area contributed by atoms with E-state index >= 15 is 0 Å². The summed E-state index contributed by atoms with van der Waals surface area (Å²) in [7, 11) is 0. The van der Waals surface area contributed by atoms with Crippen LogP contribution in [-0.4, -0.2) is 22.5 Å². The van der Waals surface area contributed by atoms with Gasteiger partial charge >= 0.3 is 5.97 Å². The second-order valence-electron chi connectivity index (χ2n) is 3.58. The standard InChI is InChI=1S/C11H13NO2S.BrH/c13-10(14)11(7-4-8-12-11)15-9-5-2-1-3-6-9;/h1-3,5-6,12H,4,7-8H2,(H,13,14);1H/t11-;/m1./s1. The molecule has 0 amide bonds. The third-order valence-electron chi connectivity index (χ3n) is 2.50. The van der Waals surface area contributed by atoms with Crippen molar-refractivity contribution in [2.45, 2.75) is 22.6 Å². The van der Waals surface area contributed by atoms with Crippen molar-refractivity contribution in [3.63, 3.8) is 0 Å². The molecule has 2 rings (SSSR count). The molecule has 0 unspecified atom stereocenters. The van der Waals surface area contributed by atoms with Crippen molar-refractivity contribution in [3.05, 3.63) is 30.3 Å². The summed E-state index contributed by atoms with van der Waals surface area (Å²) in [6.45, 7) is 0.784. The van der Waals surface area contributed by atoms with E-state index in [1.54, 1.807) is 0 Å². The van der Waals surface area contributed by atoms with Crippen molar-refractivity contribution in [2.24, 2.45) is 0 Å². The van der Waals surface area contributed by atoms with Crippen LogP contribution in [0.3, 0.4) is 0 Å². The van der Waals surface area contributed by atoms with E-state index in [0.717, 1.165) is 17.9 Å². The molecule has 0 aromatic heterocycles. The van der Waals surface area contributed by atoms with Gasteiger partial charge in [-0.25, -0.2) is 4.79 Å². The lowest BCUT2D eigenvalue weighted by Gasteiger charge is -2.23. The van der Waals surface area contributed by atoms with Gasteiger partial charge in [0.15, 0.2) is 4.87 Å². The fourth-order valence-corrected chi connectivity index (χ4v) is 2.92. The van der Waals surface area contributed by atoms with Crippen molar-refractivity contribution in [1.82, 2.24) is 5.32 Å². The highest BCUT2D eigenvalue weighted by Gasteiger charge is 2.42. The summed E-state index contributed by atoms with van der Waals surface area (Å²) in [5, 5.41) is 12.3. The zero-order valence-electron chi connectivity index (χ0n) is 8.68. The molecule has 1 aromatic rings. The molecule has 1 heterocycles. The topological polar surface area (TPSA) is 49.3 Å². The number of carboxylic acids is 1. The summed E-state index contributed by atoms with van der Waals surface area (Å²) in [5.41, 5.74) is 0. The average molecular weight is 304 g/mol. The van der Waals surface area contributed by atoms with Gasteiger partial charge in [0, 0.05) is 4.90 Å². The molecule has 16 heavy (non-hydrogen) atoms. The maximum absolute atomic E-state index is 11.2. The number of nitrogens with one attached hydrogen (secondary N) is 1. The molecule has 0 saturated carbocycles. The molecule has 1 aromatic carbocycles. The van der Waals surface area contributed by atoms with Gasteiger partial charge < -0.3 is 5.11 Å². The molecule has 1 fully saturated rings. The zero-order chi connectivity index (χ0) is 10.7. The molecule has 0 spiro atoms. The van der Waals surface area contributed by atoms with Crippen LogP contribution in [0.25, 0.3) is 0 Å². The van der Waals surface area contributed by atoms with Crippen LogP contribution < -0.4 is 5.32 Å². The second-order valence-corrected chi connectivity index (χ2v) is 4.95. The largest absolute Gasteiger partial charge is 0.479 e. The van der Waals surface area contributed by atoms with Gasteiger partial charge in [-0.1, -0.05) is 30.0 Å². The molecule has 1 aliphatic heterocycles. The number of hydrogen-bond acceptors (Lipinski definition) is 3. The Morgan fingerprint density at radius 2 is 2.06 bits per heavy atom. The van der Waals surface area contributed by atoms with E-state index in [9.17, 15) is 9.90 Å². The Bertz CT molecular complexity index is 352. The van der Waals surface area contributed by atoms with E-state index in [2.05, 4.69) is 5.32 Å². The van der Waals surface area contributed by atoms with Crippen molar-refractivity contribution in [1.29, 1.82) is 0 Å². The molecule has 0 bridgehead atoms. The first-order valence-corrected chi connectivity index (χ1v) is 5.77. The first-order chi connectivity index (χ1) is 7.23. The Kier molecular flexibility index (Phi) is 4.83. The van der Waals surface area contributed by atoms with Crippen molar-refractivity contribution in [2.75, 3.05) is 6.54 Å². The van der Waals surface area contributed by atoms with E-state index in [4.69, 9.17) is 0 Å². The minimum atomic E-state index is -0.818. The molecule has 2 N–H and O–H groups in total. The van der Waals surface area contributed by atoms with Gasteiger partial charge in [0.05, 0.1) is 0 Å². The monoisotopic (exact) mass is 303 g/mol. The normalized spacial score (nSPS) is 23.8. The van der Waals surface area contributed by atoms with Gasteiger partial charge in [-0.3, -0.25) is 5.32 Å². The lowest BCUT2D eigenvalue weighted by atomic mass is 10.2. The number of rotatable bonds is 3. The van der Waals surface area contributed by atoms with Gasteiger partial charge in [0.25, 0.3) is 0 Å². The van der Waals surface area contributed by atoms with Crippen molar-refractivity contribution in [3.8, 4) is 0 Å². The predicted molar refractivity (Wildman–Crippen MR) is 70.2 cm³/mol. The number of hydrogen-bond donors (Lipinski definition) is 2. The maximum Gasteiger partial charge on any atom is 0.334 e. The van der Waals surface area contributed by atoms with Gasteiger partial charge in [-0.15, -0.1) is 17.0 Å². The van der Waals surface area contributed by atoms with E-state index in [-0.39, 0.29) is 17.0 Å². The number of aliphatic carboxylic acids is 1.